The summed E-state index contributed by atoms with van der Waals surface area (Å²) in [4.78, 5) is 17.8. The molecule has 0 aromatic carbocycles. The van der Waals surface area contributed by atoms with Crippen molar-refractivity contribution in [2.45, 2.75) is 19.8 Å². The molecule has 1 rings (SSSR count). The van der Waals surface area contributed by atoms with Gasteiger partial charge in [-0.05, 0) is 0 Å². The molecule has 0 saturated carbocycles. The molecule has 7 nitrogen and oxygen atoms in total. The highest BCUT2D eigenvalue weighted by molar-refractivity contribution is 5.58. The molecule has 82 valence electrons. The highest BCUT2D eigenvalue weighted by atomic mass is 16.6. The smallest absolute Gasteiger partial charge is 0.372 e. The highest BCUT2D eigenvalue weighted by Gasteiger charge is 2.24. The van der Waals surface area contributed by atoms with Crippen molar-refractivity contribution in [3.05, 3.63) is 15.9 Å². The fourth-order valence-corrected chi connectivity index (χ4v) is 1.04. The Morgan fingerprint density at radius 3 is 2.47 bits per heavy atom. The second kappa shape index (κ2) is 4.07. The Hall–Kier alpha value is -1.92. The summed E-state index contributed by atoms with van der Waals surface area (Å²) in [6.07, 6.45) is 0. The lowest BCUT2D eigenvalue weighted by Gasteiger charge is -2.07. The lowest BCUT2D eigenvalue weighted by atomic mass is 10.2. The van der Waals surface area contributed by atoms with Crippen LogP contribution in [-0.2, 0) is 0 Å². The maximum absolute atomic E-state index is 10.6. The van der Waals surface area contributed by atoms with Gasteiger partial charge in [0.1, 0.15) is 5.82 Å². The van der Waals surface area contributed by atoms with Crippen molar-refractivity contribution in [2.75, 3.05) is 12.8 Å². The number of nitrogens with two attached hydrogens (primary N) is 1. The van der Waals surface area contributed by atoms with Crippen molar-refractivity contribution in [3.63, 3.8) is 0 Å². The molecule has 0 aliphatic rings. The summed E-state index contributed by atoms with van der Waals surface area (Å²) in [6, 6.07) is 0. The summed E-state index contributed by atoms with van der Waals surface area (Å²) < 4.78 is 4.81. The molecular weight excluding hydrogens is 200 g/mol. The maximum atomic E-state index is 10.6. The third kappa shape index (κ3) is 2.12. The molecule has 0 saturated heterocycles. The number of nitrogen functional groups attached to an aromatic ring is 1. The van der Waals surface area contributed by atoms with Crippen LogP contribution in [0.5, 0.6) is 5.88 Å². The SMILES string of the molecule is COc1nc(C(C)C)nc(N)c1[N+](=O)[O-]. The van der Waals surface area contributed by atoms with Crippen LogP contribution in [-0.4, -0.2) is 22.0 Å². The number of methoxy groups -OCH3 is 1. The Balaban J connectivity index is 3.37. The van der Waals surface area contributed by atoms with Gasteiger partial charge in [0.2, 0.25) is 5.82 Å². The maximum Gasteiger partial charge on any atom is 0.372 e. The molecule has 0 fully saturated rings. The second-order valence-corrected chi connectivity index (χ2v) is 3.24. The van der Waals surface area contributed by atoms with E-state index < -0.39 is 4.92 Å². The van der Waals surface area contributed by atoms with E-state index in [1.807, 2.05) is 13.8 Å². The van der Waals surface area contributed by atoms with Crippen molar-refractivity contribution in [1.82, 2.24) is 9.97 Å². The minimum Gasteiger partial charge on any atom is -0.476 e. The van der Waals surface area contributed by atoms with Gasteiger partial charge in [0.25, 0.3) is 5.88 Å². The van der Waals surface area contributed by atoms with Crippen molar-refractivity contribution in [2.24, 2.45) is 0 Å². The minimum absolute atomic E-state index is 0.0296. The molecule has 0 aliphatic carbocycles. The quantitative estimate of drug-likeness (QED) is 0.594. The first-order valence-corrected chi connectivity index (χ1v) is 4.33. The first kappa shape index (κ1) is 11.2. The molecule has 1 aromatic rings. The third-order valence-electron chi connectivity index (χ3n) is 1.79. The number of rotatable bonds is 3. The number of nitro groups is 1. The van der Waals surface area contributed by atoms with Crippen LogP contribution in [0.1, 0.15) is 25.6 Å². The Morgan fingerprint density at radius 2 is 2.07 bits per heavy atom. The van der Waals surface area contributed by atoms with E-state index in [9.17, 15) is 10.1 Å². The topological polar surface area (TPSA) is 104 Å². The standard InChI is InChI=1S/C8H12N4O3/c1-4(2)7-10-6(9)5(12(13)14)8(11-7)15-3/h4H,1-3H3,(H2,9,10,11). The zero-order valence-corrected chi connectivity index (χ0v) is 8.72. The van der Waals surface area contributed by atoms with E-state index in [0.29, 0.717) is 5.82 Å². The minimum atomic E-state index is -0.654. The zero-order valence-electron chi connectivity index (χ0n) is 8.72. The number of hydrogen-bond acceptors (Lipinski definition) is 6. The predicted molar refractivity (Wildman–Crippen MR) is 53.7 cm³/mol. The van der Waals surface area contributed by atoms with Crippen LogP contribution in [0.25, 0.3) is 0 Å². The number of nitrogens with zero attached hydrogens (tertiary/aromatic N) is 3. The van der Waals surface area contributed by atoms with Crippen LogP contribution in [0.4, 0.5) is 11.5 Å². The van der Waals surface area contributed by atoms with E-state index in [1.165, 1.54) is 7.11 Å². The van der Waals surface area contributed by atoms with Crippen LogP contribution >= 0.6 is 0 Å². The zero-order chi connectivity index (χ0) is 11.6. The summed E-state index contributed by atoms with van der Waals surface area (Å²) in [7, 11) is 1.30. The molecule has 1 heterocycles. The van der Waals surface area contributed by atoms with Crippen LogP contribution in [0.15, 0.2) is 0 Å². The Labute approximate surface area is 86.4 Å². The van der Waals surface area contributed by atoms with Gasteiger partial charge >= 0.3 is 5.69 Å². The van der Waals surface area contributed by atoms with Gasteiger partial charge in [-0.25, -0.2) is 4.98 Å². The molecule has 7 heteroatoms. The van der Waals surface area contributed by atoms with Crippen molar-refractivity contribution in [3.8, 4) is 5.88 Å². The van der Waals surface area contributed by atoms with Gasteiger partial charge in [-0.1, -0.05) is 13.8 Å². The number of anilines is 1. The first-order chi connectivity index (χ1) is 6.97. The largest absolute Gasteiger partial charge is 0.476 e. The number of aromatic nitrogens is 2. The fourth-order valence-electron chi connectivity index (χ4n) is 1.04. The molecule has 2 N–H and O–H groups in total. The fraction of sp³-hybridized carbons (Fsp3) is 0.500. The lowest BCUT2D eigenvalue weighted by molar-refractivity contribution is -0.385. The first-order valence-electron chi connectivity index (χ1n) is 4.33. The molecule has 0 atom stereocenters. The molecule has 0 radical (unpaired) electrons. The van der Waals surface area contributed by atoms with Crippen molar-refractivity contribution < 1.29 is 9.66 Å². The van der Waals surface area contributed by atoms with Gasteiger partial charge in [-0.3, -0.25) is 10.1 Å². The van der Waals surface area contributed by atoms with Gasteiger partial charge in [-0.2, -0.15) is 4.98 Å². The van der Waals surface area contributed by atoms with Crippen molar-refractivity contribution >= 4 is 11.5 Å². The van der Waals surface area contributed by atoms with E-state index >= 15 is 0 Å². The van der Waals surface area contributed by atoms with Gasteiger partial charge in [0, 0.05) is 5.92 Å². The number of ether oxygens (including phenoxy) is 1. The lowest BCUT2D eigenvalue weighted by Crippen LogP contribution is -2.08. The van der Waals surface area contributed by atoms with Gasteiger partial charge < -0.3 is 10.5 Å². The van der Waals surface area contributed by atoms with Gasteiger partial charge in [0.05, 0.1) is 12.0 Å². The monoisotopic (exact) mass is 212 g/mol. The van der Waals surface area contributed by atoms with Crippen LogP contribution < -0.4 is 10.5 Å². The van der Waals surface area contributed by atoms with Gasteiger partial charge in [-0.15, -0.1) is 0 Å². The van der Waals surface area contributed by atoms with Crippen LogP contribution in [0.2, 0.25) is 0 Å². The summed E-state index contributed by atoms with van der Waals surface area (Å²) in [5, 5.41) is 10.6. The van der Waals surface area contributed by atoms with E-state index in [4.69, 9.17) is 10.5 Å². The summed E-state index contributed by atoms with van der Waals surface area (Å²) in [6.45, 7) is 3.72. The van der Waals surface area contributed by atoms with Crippen LogP contribution in [0.3, 0.4) is 0 Å². The number of hydrogen-bond donors (Lipinski definition) is 1. The predicted octanol–water partition coefficient (Wildman–Crippen LogP) is 1.10. The molecular formula is C8H12N4O3. The molecule has 0 aliphatic heterocycles. The van der Waals surface area contributed by atoms with Crippen LogP contribution in [0, 0.1) is 10.1 Å². The average molecular weight is 212 g/mol. The normalized spacial score (nSPS) is 10.4. The Bertz CT molecular complexity index is 392. The summed E-state index contributed by atoms with van der Waals surface area (Å²) in [5.41, 5.74) is 5.08. The molecule has 0 amide bonds. The van der Waals surface area contributed by atoms with Gasteiger partial charge in [0.15, 0.2) is 0 Å². The van der Waals surface area contributed by atoms with E-state index in [-0.39, 0.29) is 23.3 Å². The molecule has 0 unspecified atom stereocenters. The third-order valence-corrected chi connectivity index (χ3v) is 1.79. The van der Waals surface area contributed by atoms with Crippen molar-refractivity contribution in [1.29, 1.82) is 0 Å². The second-order valence-electron chi connectivity index (χ2n) is 3.24. The van der Waals surface area contributed by atoms with E-state index in [0.717, 1.165) is 0 Å². The molecule has 0 bridgehead atoms. The Morgan fingerprint density at radius 1 is 1.47 bits per heavy atom. The van der Waals surface area contributed by atoms with E-state index in [1.54, 1.807) is 0 Å². The Kier molecular flexibility index (Phi) is 3.03. The summed E-state index contributed by atoms with van der Waals surface area (Å²) >= 11 is 0. The highest BCUT2D eigenvalue weighted by Crippen LogP contribution is 2.30. The molecule has 1 aromatic heterocycles. The molecule has 15 heavy (non-hydrogen) atoms. The average Bonchev–Trinajstić information content (AvgIpc) is 2.15. The summed E-state index contributed by atoms with van der Waals surface area (Å²) in [5.74, 6) is 0.184. The molecule has 0 spiro atoms. The van der Waals surface area contributed by atoms with E-state index in [2.05, 4.69) is 9.97 Å².